The maximum absolute atomic E-state index is 11.7. The fraction of sp³-hybridized carbons (Fsp3) is 0.0714. The highest BCUT2D eigenvalue weighted by Crippen LogP contribution is 2.21. The average Bonchev–Trinajstić information content (AvgIpc) is 2.91. The van der Waals surface area contributed by atoms with Crippen molar-refractivity contribution in [1.82, 2.24) is 5.43 Å². The third kappa shape index (κ3) is 4.56. The van der Waals surface area contributed by atoms with Crippen molar-refractivity contribution < 1.29 is 9.59 Å². The number of hydrazone groups is 1. The van der Waals surface area contributed by atoms with Gasteiger partial charge in [0.1, 0.15) is 0 Å². The van der Waals surface area contributed by atoms with Crippen molar-refractivity contribution in [2.45, 2.75) is 6.92 Å². The van der Waals surface area contributed by atoms with Gasteiger partial charge in [0.05, 0.1) is 14.9 Å². The number of hydrogen-bond donors (Lipinski definition) is 2. The summed E-state index contributed by atoms with van der Waals surface area (Å²) < 4.78 is 0.620. The zero-order valence-electron chi connectivity index (χ0n) is 11.4. The molecule has 0 saturated heterocycles. The van der Waals surface area contributed by atoms with Gasteiger partial charge in [-0.1, -0.05) is 29.3 Å². The molecule has 0 fully saturated rings. The highest BCUT2D eigenvalue weighted by atomic mass is 35.5. The molecule has 0 bridgehead atoms. The topological polar surface area (TPSA) is 70.6 Å². The highest BCUT2D eigenvalue weighted by molar-refractivity contribution is 7.18. The quantitative estimate of drug-likeness (QED) is 0.502. The number of hydrogen-bond acceptors (Lipinski definition) is 4. The van der Waals surface area contributed by atoms with Gasteiger partial charge in [0.25, 0.3) is 0 Å². The van der Waals surface area contributed by atoms with Gasteiger partial charge in [-0.25, -0.2) is 5.43 Å². The van der Waals surface area contributed by atoms with Crippen molar-refractivity contribution in [2.75, 3.05) is 5.32 Å². The average molecular weight is 356 g/mol. The molecule has 1 aromatic carbocycles. The molecule has 22 heavy (non-hydrogen) atoms. The molecule has 2 amide bonds. The van der Waals surface area contributed by atoms with E-state index in [-0.39, 0.29) is 0 Å². The molecule has 0 unspecified atom stereocenters. The Hall–Kier alpha value is -1.89. The van der Waals surface area contributed by atoms with Crippen LogP contribution >= 0.6 is 34.5 Å². The summed E-state index contributed by atoms with van der Waals surface area (Å²) in [5.74, 6) is -1.70. The standard InChI is InChI=1S/C14H11Cl2N3O2S/c1-8(11-5-6-12(16)22-11)18-19-14(21)13(20)17-10-4-2-3-9(15)7-10/h2-7H,1H3,(H,17,20)(H,19,21)/b18-8-. The first-order chi connectivity index (χ1) is 10.5. The van der Waals surface area contributed by atoms with Gasteiger partial charge in [-0.3, -0.25) is 9.59 Å². The number of thiophene rings is 1. The summed E-state index contributed by atoms with van der Waals surface area (Å²) in [4.78, 5) is 24.2. The molecule has 114 valence electrons. The van der Waals surface area contributed by atoms with E-state index in [2.05, 4.69) is 15.8 Å². The van der Waals surface area contributed by atoms with Crippen LogP contribution in [0.25, 0.3) is 0 Å². The maximum atomic E-state index is 11.7. The predicted molar refractivity (Wildman–Crippen MR) is 89.8 cm³/mol. The molecule has 0 aliphatic rings. The van der Waals surface area contributed by atoms with E-state index in [9.17, 15) is 9.59 Å². The molecule has 0 saturated carbocycles. The Morgan fingerprint density at radius 3 is 2.55 bits per heavy atom. The number of carbonyl (C=O) groups is 2. The second kappa shape index (κ2) is 7.40. The third-order valence-electron chi connectivity index (χ3n) is 2.54. The van der Waals surface area contributed by atoms with Crippen LogP contribution in [-0.2, 0) is 9.59 Å². The molecule has 0 atom stereocenters. The number of benzene rings is 1. The van der Waals surface area contributed by atoms with Crippen LogP contribution in [0, 0.1) is 0 Å². The second-order valence-electron chi connectivity index (χ2n) is 4.21. The molecule has 0 radical (unpaired) electrons. The summed E-state index contributed by atoms with van der Waals surface area (Å²) in [5.41, 5.74) is 3.18. The molecule has 0 spiro atoms. The van der Waals surface area contributed by atoms with Crippen LogP contribution in [-0.4, -0.2) is 17.5 Å². The Bertz CT molecular complexity index is 743. The number of carbonyl (C=O) groups excluding carboxylic acids is 2. The lowest BCUT2D eigenvalue weighted by atomic mass is 10.3. The Morgan fingerprint density at radius 2 is 1.91 bits per heavy atom. The van der Waals surface area contributed by atoms with Gasteiger partial charge in [-0.15, -0.1) is 11.3 Å². The van der Waals surface area contributed by atoms with Crippen molar-refractivity contribution in [3.8, 4) is 0 Å². The number of rotatable bonds is 3. The molecular weight excluding hydrogens is 345 g/mol. The van der Waals surface area contributed by atoms with Crippen LogP contribution in [0.5, 0.6) is 0 Å². The molecule has 2 N–H and O–H groups in total. The van der Waals surface area contributed by atoms with Crippen LogP contribution in [0.15, 0.2) is 41.5 Å². The normalized spacial score (nSPS) is 11.1. The van der Waals surface area contributed by atoms with Gasteiger partial charge < -0.3 is 5.32 Å². The minimum absolute atomic E-state index is 0.429. The van der Waals surface area contributed by atoms with Crippen molar-refractivity contribution in [3.63, 3.8) is 0 Å². The number of halogens is 2. The van der Waals surface area contributed by atoms with Crippen molar-refractivity contribution in [3.05, 3.63) is 50.6 Å². The first-order valence-corrected chi connectivity index (χ1v) is 7.70. The van der Waals surface area contributed by atoms with E-state index in [1.807, 2.05) is 0 Å². The first-order valence-electron chi connectivity index (χ1n) is 6.12. The highest BCUT2D eigenvalue weighted by Gasteiger charge is 2.13. The fourth-order valence-electron chi connectivity index (χ4n) is 1.50. The molecule has 5 nitrogen and oxygen atoms in total. The fourth-order valence-corrected chi connectivity index (χ4v) is 2.68. The number of nitrogens with one attached hydrogen (secondary N) is 2. The lowest BCUT2D eigenvalue weighted by Crippen LogP contribution is -2.32. The van der Waals surface area contributed by atoms with Crippen LogP contribution < -0.4 is 10.7 Å². The molecule has 1 aromatic heterocycles. The van der Waals surface area contributed by atoms with E-state index < -0.39 is 11.8 Å². The summed E-state index contributed by atoms with van der Waals surface area (Å²) >= 11 is 12.9. The maximum Gasteiger partial charge on any atom is 0.329 e. The molecule has 2 rings (SSSR count). The Balaban J connectivity index is 1.95. The summed E-state index contributed by atoms with van der Waals surface area (Å²) in [6.45, 7) is 1.71. The van der Waals surface area contributed by atoms with E-state index in [1.54, 1.807) is 37.3 Å². The van der Waals surface area contributed by atoms with E-state index >= 15 is 0 Å². The Labute approximate surface area is 140 Å². The molecule has 8 heteroatoms. The summed E-state index contributed by atoms with van der Waals surface area (Å²) in [6, 6.07) is 10.0. The Kier molecular flexibility index (Phi) is 5.54. The van der Waals surface area contributed by atoms with E-state index in [0.717, 1.165) is 4.88 Å². The SMILES string of the molecule is C/C(=N/NC(=O)C(=O)Nc1cccc(Cl)c1)c1ccc(Cl)s1. The number of anilines is 1. The smallest absolute Gasteiger partial charge is 0.318 e. The lowest BCUT2D eigenvalue weighted by molar-refractivity contribution is -0.136. The van der Waals surface area contributed by atoms with E-state index in [1.165, 1.54) is 17.4 Å². The molecule has 1 heterocycles. The number of nitrogens with zero attached hydrogens (tertiary/aromatic N) is 1. The Morgan fingerprint density at radius 1 is 1.14 bits per heavy atom. The summed E-state index contributed by atoms with van der Waals surface area (Å²) in [7, 11) is 0. The predicted octanol–water partition coefficient (Wildman–Crippen LogP) is 3.53. The van der Waals surface area contributed by atoms with Crippen LogP contribution in [0.2, 0.25) is 9.36 Å². The van der Waals surface area contributed by atoms with Gasteiger partial charge in [-0.05, 0) is 37.3 Å². The van der Waals surface area contributed by atoms with Gasteiger partial charge in [-0.2, -0.15) is 5.10 Å². The largest absolute Gasteiger partial charge is 0.329 e. The molecule has 0 aliphatic carbocycles. The minimum Gasteiger partial charge on any atom is -0.318 e. The van der Waals surface area contributed by atoms with E-state index in [0.29, 0.717) is 20.8 Å². The van der Waals surface area contributed by atoms with E-state index in [4.69, 9.17) is 23.2 Å². The zero-order valence-corrected chi connectivity index (χ0v) is 13.7. The van der Waals surface area contributed by atoms with Crippen molar-refractivity contribution in [1.29, 1.82) is 0 Å². The first kappa shape index (κ1) is 16.5. The van der Waals surface area contributed by atoms with Crippen LogP contribution in [0.1, 0.15) is 11.8 Å². The number of amides is 2. The third-order valence-corrected chi connectivity index (χ3v) is 4.12. The summed E-state index contributed by atoms with van der Waals surface area (Å²) in [5, 5.41) is 6.76. The summed E-state index contributed by atoms with van der Waals surface area (Å²) in [6.07, 6.45) is 0. The second-order valence-corrected chi connectivity index (χ2v) is 6.36. The van der Waals surface area contributed by atoms with Crippen molar-refractivity contribution >= 4 is 57.8 Å². The van der Waals surface area contributed by atoms with Crippen molar-refractivity contribution in [2.24, 2.45) is 5.10 Å². The molecule has 0 aliphatic heterocycles. The zero-order chi connectivity index (χ0) is 16.1. The van der Waals surface area contributed by atoms with Gasteiger partial charge in [0, 0.05) is 10.7 Å². The lowest BCUT2D eigenvalue weighted by Gasteiger charge is -2.04. The van der Waals surface area contributed by atoms with Gasteiger partial charge in [0.2, 0.25) is 0 Å². The molecular formula is C14H11Cl2N3O2S. The van der Waals surface area contributed by atoms with Gasteiger partial charge >= 0.3 is 11.8 Å². The van der Waals surface area contributed by atoms with Crippen LogP contribution in [0.4, 0.5) is 5.69 Å². The van der Waals surface area contributed by atoms with Crippen LogP contribution in [0.3, 0.4) is 0 Å². The molecule has 2 aromatic rings. The van der Waals surface area contributed by atoms with Gasteiger partial charge in [0.15, 0.2) is 0 Å². The minimum atomic E-state index is -0.873. The monoisotopic (exact) mass is 355 g/mol.